The first-order valence-corrected chi connectivity index (χ1v) is 6.39. The first kappa shape index (κ1) is 12.8. The van der Waals surface area contributed by atoms with Crippen LogP contribution in [0.15, 0.2) is 40.9 Å². The van der Waals surface area contributed by atoms with Crippen molar-refractivity contribution in [2.45, 2.75) is 13.8 Å². The highest BCUT2D eigenvalue weighted by Crippen LogP contribution is 2.28. The van der Waals surface area contributed by atoms with Crippen molar-refractivity contribution in [3.63, 3.8) is 0 Å². The Bertz CT molecular complexity index is 591. The number of ether oxygens (including phenoxy) is 1. The minimum Gasteiger partial charge on any atom is -0.457 e. The topological polar surface area (TPSA) is 26.3 Å². The molecule has 0 spiro atoms. The van der Waals surface area contributed by atoms with Crippen molar-refractivity contribution >= 4 is 22.2 Å². The number of rotatable bonds is 3. The molecule has 0 saturated heterocycles. The van der Waals surface area contributed by atoms with Crippen LogP contribution in [0.5, 0.6) is 11.5 Å². The second kappa shape index (κ2) is 5.36. The fraction of sp³-hybridized carbons (Fsp3) is 0.133. The molecule has 0 saturated carbocycles. The highest BCUT2D eigenvalue weighted by molar-refractivity contribution is 9.10. The van der Waals surface area contributed by atoms with Gasteiger partial charge in [-0.05, 0) is 61.4 Å². The van der Waals surface area contributed by atoms with E-state index in [0.29, 0.717) is 5.56 Å². The van der Waals surface area contributed by atoms with E-state index >= 15 is 0 Å². The summed E-state index contributed by atoms with van der Waals surface area (Å²) in [5.74, 6) is 1.56. The summed E-state index contributed by atoms with van der Waals surface area (Å²) in [6.45, 7) is 3.94. The van der Waals surface area contributed by atoms with Crippen molar-refractivity contribution < 1.29 is 9.53 Å². The fourth-order valence-electron chi connectivity index (χ4n) is 1.67. The molecule has 92 valence electrons. The normalized spacial score (nSPS) is 10.2. The maximum absolute atomic E-state index is 10.7. The standard InChI is InChI=1S/C15H13BrO2/c1-10-8-13(4-5-14(10)16)18-15-6-3-12(9-17)7-11(15)2/h3-9H,1-2H3. The van der Waals surface area contributed by atoms with Gasteiger partial charge in [-0.3, -0.25) is 4.79 Å². The molecule has 0 bridgehead atoms. The Hall–Kier alpha value is -1.61. The summed E-state index contributed by atoms with van der Waals surface area (Å²) in [7, 11) is 0. The summed E-state index contributed by atoms with van der Waals surface area (Å²) in [5.41, 5.74) is 2.72. The summed E-state index contributed by atoms with van der Waals surface area (Å²) < 4.78 is 6.87. The van der Waals surface area contributed by atoms with Crippen LogP contribution in [0.4, 0.5) is 0 Å². The van der Waals surface area contributed by atoms with Crippen molar-refractivity contribution in [2.75, 3.05) is 0 Å². The first-order chi connectivity index (χ1) is 8.60. The van der Waals surface area contributed by atoms with Gasteiger partial charge in [0, 0.05) is 10.0 Å². The van der Waals surface area contributed by atoms with Crippen LogP contribution in [-0.4, -0.2) is 6.29 Å². The summed E-state index contributed by atoms with van der Waals surface area (Å²) >= 11 is 3.45. The van der Waals surface area contributed by atoms with Gasteiger partial charge in [-0.25, -0.2) is 0 Å². The lowest BCUT2D eigenvalue weighted by atomic mass is 10.1. The number of aryl methyl sites for hydroxylation is 2. The fourth-order valence-corrected chi connectivity index (χ4v) is 1.91. The van der Waals surface area contributed by atoms with Gasteiger partial charge < -0.3 is 4.74 Å². The number of carbonyl (C=O) groups is 1. The van der Waals surface area contributed by atoms with Crippen molar-refractivity contribution in [1.82, 2.24) is 0 Å². The first-order valence-electron chi connectivity index (χ1n) is 5.60. The third-order valence-electron chi connectivity index (χ3n) is 2.69. The molecule has 0 heterocycles. The molecule has 0 radical (unpaired) electrons. The summed E-state index contributed by atoms with van der Waals surface area (Å²) in [6.07, 6.45) is 0.834. The molecule has 18 heavy (non-hydrogen) atoms. The Balaban J connectivity index is 2.28. The summed E-state index contributed by atoms with van der Waals surface area (Å²) in [6, 6.07) is 11.2. The summed E-state index contributed by atoms with van der Waals surface area (Å²) in [5, 5.41) is 0. The zero-order valence-electron chi connectivity index (χ0n) is 10.2. The van der Waals surface area contributed by atoms with E-state index in [2.05, 4.69) is 15.9 Å². The molecule has 0 amide bonds. The molecule has 0 aliphatic rings. The van der Waals surface area contributed by atoms with Crippen LogP contribution in [0.1, 0.15) is 21.5 Å². The van der Waals surface area contributed by atoms with E-state index in [1.807, 2.05) is 44.2 Å². The number of benzene rings is 2. The van der Waals surface area contributed by atoms with Crippen molar-refractivity contribution in [3.8, 4) is 11.5 Å². The van der Waals surface area contributed by atoms with Crippen molar-refractivity contribution in [1.29, 1.82) is 0 Å². The smallest absolute Gasteiger partial charge is 0.150 e. The predicted octanol–water partition coefficient (Wildman–Crippen LogP) is 4.67. The predicted molar refractivity (Wildman–Crippen MR) is 75.5 cm³/mol. The molecule has 3 heteroatoms. The highest BCUT2D eigenvalue weighted by atomic mass is 79.9. The lowest BCUT2D eigenvalue weighted by molar-refractivity contribution is 0.112. The molecular formula is C15H13BrO2. The molecule has 0 atom stereocenters. The Morgan fingerprint density at radius 2 is 1.83 bits per heavy atom. The monoisotopic (exact) mass is 304 g/mol. The molecular weight excluding hydrogens is 292 g/mol. The highest BCUT2D eigenvalue weighted by Gasteiger charge is 2.04. The van der Waals surface area contributed by atoms with Gasteiger partial charge in [0.1, 0.15) is 17.8 Å². The molecule has 2 nitrogen and oxygen atoms in total. The number of aldehydes is 1. The molecule has 0 aliphatic heterocycles. The third-order valence-corrected chi connectivity index (χ3v) is 3.58. The SMILES string of the molecule is Cc1cc(Oc2ccc(C=O)cc2C)ccc1Br. The van der Waals surface area contributed by atoms with Gasteiger partial charge in [0.15, 0.2) is 0 Å². The zero-order valence-corrected chi connectivity index (χ0v) is 11.8. The minimum atomic E-state index is 0.659. The number of hydrogen-bond donors (Lipinski definition) is 0. The second-order valence-electron chi connectivity index (χ2n) is 4.16. The van der Waals surface area contributed by atoms with Crippen LogP contribution >= 0.6 is 15.9 Å². The Labute approximate surface area is 115 Å². The average molecular weight is 305 g/mol. The van der Waals surface area contributed by atoms with Gasteiger partial charge in [0.05, 0.1) is 0 Å². The Morgan fingerprint density at radius 3 is 2.44 bits per heavy atom. The number of carbonyl (C=O) groups excluding carboxylic acids is 1. The Kier molecular flexibility index (Phi) is 3.82. The van der Waals surface area contributed by atoms with Gasteiger partial charge in [0.2, 0.25) is 0 Å². The zero-order chi connectivity index (χ0) is 13.1. The van der Waals surface area contributed by atoms with Crippen LogP contribution in [0.25, 0.3) is 0 Å². The van der Waals surface area contributed by atoms with Crippen molar-refractivity contribution in [3.05, 3.63) is 57.6 Å². The van der Waals surface area contributed by atoms with Crippen molar-refractivity contribution in [2.24, 2.45) is 0 Å². The number of hydrogen-bond acceptors (Lipinski definition) is 2. The van der Waals surface area contributed by atoms with E-state index in [0.717, 1.165) is 33.4 Å². The van der Waals surface area contributed by atoms with E-state index < -0.39 is 0 Å². The van der Waals surface area contributed by atoms with E-state index in [1.54, 1.807) is 6.07 Å². The molecule has 2 aromatic rings. The van der Waals surface area contributed by atoms with E-state index in [4.69, 9.17) is 4.74 Å². The summed E-state index contributed by atoms with van der Waals surface area (Å²) in [4.78, 5) is 10.7. The van der Waals surface area contributed by atoms with Crippen LogP contribution in [0.3, 0.4) is 0 Å². The van der Waals surface area contributed by atoms with E-state index in [9.17, 15) is 4.79 Å². The molecule has 0 fully saturated rings. The molecule has 0 unspecified atom stereocenters. The second-order valence-corrected chi connectivity index (χ2v) is 5.01. The van der Waals surface area contributed by atoms with Gasteiger partial charge in [-0.15, -0.1) is 0 Å². The molecule has 2 aromatic carbocycles. The molecule has 0 aliphatic carbocycles. The van der Waals surface area contributed by atoms with Gasteiger partial charge in [-0.2, -0.15) is 0 Å². The van der Waals surface area contributed by atoms with E-state index in [-0.39, 0.29) is 0 Å². The van der Waals surface area contributed by atoms with Crippen LogP contribution in [0, 0.1) is 13.8 Å². The maximum atomic E-state index is 10.7. The molecule has 0 N–H and O–H groups in total. The largest absolute Gasteiger partial charge is 0.457 e. The number of halogens is 1. The third kappa shape index (κ3) is 2.79. The lowest BCUT2D eigenvalue weighted by Crippen LogP contribution is -1.90. The lowest BCUT2D eigenvalue weighted by Gasteiger charge is -2.10. The maximum Gasteiger partial charge on any atom is 0.150 e. The molecule has 0 aromatic heterocycles. The quantitative estimate of drug-likeness (QED) is 0.770. The van der Waals surface area contributed by atoms with Crippen LogP contribution < -0.4 is 4.74 Å². The molecule has 2 rings (SSSR count). The van der Waals surface area contributed by atoms with Crippen LogP contribution in [-0.2, 0) is 0 Å². The average Bonchev–Trinajstić information content (AvgIpc) is 2.36. The van der Waals surface area contributed by atoms with Crippen LogP contribution in [0.2, 0.25) is 0 Å². The van der Waals surface area contributed by atoms with E-state index in [1.165, 1.54) is 0 Å². The van der Waals surface area contributed by atoms with Gasteiger partial charge in [-0.1, -0.05) is 15.9 Å². The minimum absolute atomic E-state index is 0.659. The van der Waals surface area contributed by atoms with Gasteiger partial charge >= 0.3 is 0 Å². The van der Waals surface area contributed by atoms with Gasteiger partial charge in [0.25, 0.3) is 0 Å². The Morgan fingerprint density at radius 1 is 1.06 bits per heavy atom.